The summed E-state index contributed by atoms with van der Waals surface area (Å²) in [5.41, 5.74) is 3.16. The molecular formula is C26H23N5O3. The fourth-order valence-electron chi connectivity index (χ4n) is 3.65. The molecule has 0 aliphatic rings. The highest BCUT2D eigenvalue weighted by Crippen LogP contribution is 2.26. The molecule has 0 fully saturated rings. The second-order valence-corrected chi connectivity index (χ2v) is 8.06. The summed E-state index contributed by atoms with van der Waals surface area (Å²) < 4.78 is 12.9. The van der Waals surface area contributed by atoms with Crippen LogP contribution in [0.2, 0.25) is 0 Å². The molecule has 0 unspecified atom stereocenters. The number of furan rings is 1. The minimum Gasteiger partial charge on any atom is -0.491 e. The summed E-state index contributed by atoms with van der Waals surface area (Å²) in [5, 5.41) is 8.10. The van der Waals surface area contributed by atoms with Crippen LogP contribution in [0.25, 0.3) is 22.3 Å². The Morgan fingerprint density at radius 2 is 1.97 bits per heavy atom. The molecule has 1 N–H and O–H groups in total. The molecule has 8 nitrogen and oxygen atoms in total. The Morgan fingerprint density at radius 1 is 1.12 bits per heavy atom. The zero-order valence-corrected chi connectivity index (χ0v) is 18.8. The van der Waals surface area contributed by atoms with Crippen molar-refractivity contribution in [3.05, 3.63) is 90.8 Å². The minimum atomic E-state index is -0.257. The SMILES string of the molecule is CC(C)Oc1ccc(NC(=O)c2cc(-c3cccnc3)nc3c2cnn3Cc2ccco2)cc1. The molecule has 34 heavy (non-hydrogen) atoms. The first-order chi connectivity index (χ1) is 16.6. The van der Waals surface area contributed by atoms with Crippen LogP contribution in [0.4, 0.5) is 5.69 Å². The fourth-order valence-corrected chi connectivity index (χ4v) is 3.65. The van der Waals surface area contributed by atoms with E-state index in [4.69, 9.17) is 14.1 Å². The normalized spacial score (nSPS) is 11.1. The first-order valence-corrected chi connectivity index (χ1v) is 10.9. The molecule has 0 saturated heterocycles. The number of nitrogens with zero attached hydrogens (tertiary/aromatic N) is 4. The predicted octanol–water partition coefficient (Wildman–Crippen LogP) is 5.17. The van der Waals surface area contributed by atoms with Crippen LogP contribution in [0.15, 0.2) is 83.9 Å². The van der Waals surface area contributed by atoms with Gasteiger partial charge >= 0.3 is 0 Å². The van der Waals surface area contributed by atoms with Crippen LogP contribution in [-0.2, 0) is 6.54 Å². The van der Waals surface area contributed by atoms with Crippen molar-refractivity contribution >= 4 is 22.6 Å². The van der Waals surface area contributed by atoms with Crippen LogP contribution in [0, 0.1) is 0 Å². The van der Waals surface area contributed by atoms with Crippen molar-refractivity contribution in [1.29, 1.82) is 0 Å². The topological polar surface area (TPSA) is 95.1 Å². The number of fused-ring (bicyclic) bond motifs is 1. The zero-order valence-electron chi connectivity index (χ0n) is 18.8. The second-order valence-electron chi connectivity index (χ2n) is 8.06. The van der Waals surface area contributed by atoms with E-state index in [0.717, 1.165) is 17.1 Å². The Morgan fingerprint density at radius 3 is 2.68 bits per heavy atom. The largest absolute Gasteiger partial charge is 0.491 e. The Bertz CT molecular complexity index is 1410. The Balaban J connectivity index is 1.52. The van der Waals surface area contributed by atoms with Gasteiger partial charge in [-0.3, -0.25) is 9.78 Å². The number of ether oxygens (including phenoxy) is 1. The zero-order chi connectivity index (χ0) is 23.5. The molecule has 4 aromatic heterocycles. The molecular weight excluding hydrogens is 430 g/mol. The lowest BCUT2D eigenvalue weighted by molar-refractivity contribution is 0.102. The third kappa shape index (κ3) is 4.52. The summed E-state index contributed by atoms with van der Waals surface area (Å²) in [5.74, 6) is 1.23. The van der Waals surface area contributed by atoms with E-state index in [9.17, 15) is 4.79 Å². The van der Waals surface area contributed by atoms with Crippen molar-refractivity contribution in [3.63, 3.8) is 0 Å². The number of rotatable bonds is 7. The molecule has 1 aromatic carbocycles. The highest BCUT2D eigenvalue weighted by Gasteiger charge is 2.18. The number of carbonyl (C=O) groups is 1. The average Bonchev–Trinajstić information content (AvgIpc) is 3.50. The third-order valence-electron chi connectivity index (χ3n) is 5.18. The summed E-state index contributed by atoms with van der Waals surface area (Å²) in [6.07, 6.45) is 6.77. The second kappa shape index (κ2) is 9.19. The van der Waals surface area contributed by atoms with Crippen molar-refractivity contribution in [2.75, 3.05) is 5.32 Å². The number of pyridine rings is 2. The molecule has 0 bridgehead atoms. The van der Waals surface area contributed by atoms with Crippen LogP contribution in [0.1, 0.15) is 30.0 Å². The number of amides is 1. The van der Waals surface area contributed by atoms with Gasteiger partial charge in [0.15, 0.2) is 5.65 Å². The maximum Gasteiger partial charge on any atom is 0.256 e. The van der Waals surface area contributed by atoms with E-state index in [-0.39, 0.29) is 12.0 Å². The summed E-state index contributed by atoms with van der Waals surface area (Å²) in [6, 6.07) is 16.5. The smallest absolute Gasteiger partial charge is 0.256 e. The van der Waals surface area contributed by atoms with E-state index in [2.05, 4.69) is 15.4 Å². The number of aromatic nitrogens is 4. The lowest BCUT2D eigenvalue weighted by Crippen LogP contribution is -2.13. The van der Waals surface area contributed by atoms with Crippen LogP contribution in [0.3, 0.4) is 0 Å². The number of anilines is 1. The van der Waals surface area contributed by atoms with E-state index in [1.807, 2.05) is 62.4 Å². The Kier molecular flexibility index (Phi) is 5.78. The van der Waals surface area contributed by atoms with E-state index in [0.29, 0.717) is 34.5 Å². The lowest BCUT2D eigenvalue weighted by Gasteiger charge is -2.12. The van der Waals surface area contributed by atoms with Crippen molar-refractivity contribution in [3.8, 4) is 17.0 Å². The van der Waals surface area contributed by atoms with Gasteiger partial charge in [0.25, 0.3) is 5.91 Å². The van der Waals surface area contributed by atoms with Crippen LogP contribution in [-0.4, -0.2) is 31.8 Å². The highest BCUT2D eigenvalue weighted by molar-refractivity contribution is 6.12. The number of benzene rings is 1. The lowest BCUT2D eigenvalue weighted by atomic mass is 10.1. The number of carbonyl (C=O) groups excluding carboxylic acids is 1. The first-order valence-electron chi connectivity index (χ1n) is 10.9. The summed E-state index contributed by atoms with van der Waals surface area (Å²) in [7, 11) is 0. The quantitative estimate of drug-likeness (QED) is 0.365. The van der Waals surface area contributed by atoms with Gasteiger partial charge in [-0.05, 0) is 68.4 Å². The molecule has 0 aliphatic carbocycles. The number of nitrogens with one attached hydrogen (secondary N) is 1. The van der Waals surface area contributed by atoms with Gasteiger partial charge in [-0.2, -0.15) is 5.10 Å². The molecule has 5 rings (SSSR count). The van der Waals surface area contributed by atoms with Gasteiger partial charge in [-0.15, -0.1) is 0 Å². The first kappa shape index (κ1) is 21.4. The van der Waals surface area contributed by atoms with Crippen molar-refractivity contribution in [2.24, 2.45) is 0 Å². The van der Waals surface area contributed by atoms with Gasteiger partial charge in [0.1, 0.15) is 18.1 Å². The highest BCUT2D eigenvalue weighted by atomic mass is 16.5. The minimum absolute atomic E-state index is 0.0779. The molecule has 0 spiro atoms. The van der Waals surface area contributed by atoms with Crippen LogP contribution < -0.4 is 10.1 Å². The average molecular weight is 454 g/mol. The molecule has 4 heterocycles. The van der Waals surface area contributed by atoms with Crippen LogP contribution in [0.5, 0.6) is 5.75 Å². The summed E-state index contributed by atoms with van der Waals surface area (Å²) >= 11 is 0. The van der Waals surface area contributed by atoms with Gasteiger partial charge in [-0.25, -0.2) is 9.67 Å². The summed E-state index contributed by atoms with van der Waals surface area (Å²) in [4.78, 5) is 22.3. The van der Waals surface area contributed by atoms with Crippen molar-refractivity contribution < 1.29 is 13.9 Å². The maximum absolute atomic E-state index is 13.4. The van der Waals surface area contributed by atoms with Crippen LogP contribution >= 0.6 is 0 Å². The van der Waals surface area contributed by atoms with Crippen molar-refractivity contribution in [1.82, 2.24) is 19.7 Å². The summed E-state index contributed by atoms with van der Waals surface area (Å²) in [6.45, 7) is 4.34. The third-order valence-corrected chi connectivity index (χ3v) is 5.18. The molecule has 170 valence electrons. The van der Waals surface area contributed by atoms with Crippen molar-refractivity contribution in [2.45, 2.75) is 26.5 Å². The molecule has 5 aromatic rings. The monoisotopic (exact) mass is 453 g/mol. The van der Waals surface area contributed by atoms with E-state index in [1.54, 1.807) is 35.6 Å². The molecule has 0 aliphatic heterocycles. The molecule has 0 saturated carbocycles. The molecule has 1 amide bonds. The van der Waals surface area contributed by atoms with Gasteiger partial charge in [0.2, 0.25) is 0 Å². The fraction of sp³-hybridized carbons (Fsp3) is 0.154. The van der Waals surface area contributed by atoms with Gasteiger partial charge in [0, 0.05) is 23.6 Å². The molecule has 0 atom stereocenters. The molecule has 0 radical (unpaired) electrons. The standard InChI is InChI=1S/C26H23N5O3/c1-17(2)34-20-9-7-19(8-10-20)29-26(32)22-13-24(18-5-3-11-27-14-18)30-25-23(22)15-28-31(25)16-21-6-4-12-33-21/h3-15,17H,16H2,1-2H3,(H,29,32). The van der Waals surface area contributed by atoms with E-state index in [1.165, 1.54) is 0 Å². The predicted molar refractivity (Wildman–Crippen MR) is 129 cm³/mol. The molecule has 8 heteroatoms. The maximum atomic E-state index is 13.4. The Labute approximate surface area is 196 Å². The van der Waals surface area contributed by atoms with Gasteiger partial charge in [-0.1, -0.05) is 0 Å². The van der Waals surface area contributed by atoms with Gasteiger partial charge in [0.05, 0.1) is 35.2 Å². The number of hydrogen-bond donors (Lipinski definition) is 1. The van der Waals surface area contributed by atoms with Gasteiger partial charge < -0.3 is 14.5 Å². The Hall–Kier alpha value is -4.46. The van der Waals surface area contributed by atoms with E-state index >= 15 is 0 Å². The van der Waals surface area contributed by atoms with E-state index < -0.39 is 0 Å². The number of hydrogen-bond acceptors (Lipinski definition) is 6.